The lowest BCUT2D eigenvalue weighted by atomic mass is 10.0. The number of nitrogens with zero attached hydrogens (tertiary/aromatic N) is 1. The Kier molecular flexibility index (Phi) is 1.72. The van der Waals surface area contributed by atoms with Gasteiger partial charge in [-0.05, 0) is 12.8 Å². The summed E-state index contributed by atoms with van der Waals surface area (Å²) in [5.41, 5.74) is -0.367. The summed E-state index contributed by atoms with van der Waals surface area (Å²) in [5, 5.41) is 0. The van der Waals surface area contributed by atoms with E-state index in [9.17, 15) is 8.42 Å². The fourth-order valence-corrected chi connectivity index (χ4v) is 2.98. The van der Waals surface area contributed by atoms with Crippen LogP contribution in [0.2, 0.25) is 0 Å². The van der Waals surface area contributed by atoms with E-state index in [0.717, 1.165) is 38.7 Å². The molecule has 2 aliphatic heterocycles. The van der Waals surface area contributed by atoms with Crippen molar-refractivity contribution in [2.45, 2.75) is 18.4 Å². The lowest BCUT2D eigenvalue weighted by Crippen LogP contribution is -2.33. The normalized spacial score (nSPS) is 40.6. The molecule has 0 radical (unpaired) electrons. The Morgan fingerprint density at radius 2 is 1.92 bits per heavy atom. The molecule has 0 amide bonds. The van der Waals surface area contributed by atoms with Crippen molar-refractivity contribution in [1.29, 1.82) is 0 Å². The van der Waals surface area contributed by atoms with Crippen LogP contribution in [0.4, 0.5) is 0 Å². The molecule has 0 atom stereocenters. The van der Waals surface area contributed by atoms with Crippen molar-refractivity contribution in [2.24, 2.45) is 0 Å². The minimum atomic E-state index is -3.28. The highest BCUT2D eigenvalue weighted by atomic mass is 32.2. The molecule has 2 saturated heterocycles. The third-order valence-electron chi connectivity index (χ3n) is 2.61. The second-order valence-corrected chi connectivity index (χ2v) is 5.32. The highest BCUT2D eigenvalue weighted by Crippen LogP contribution is 2.36. The lowest BCUT2D eigenvalue weighted by Gasteiger charge is -2.23. The SMILES string of the molecule is CS(=O)(=O)OC12CCN(CC1)C2. The first-order chi connectivity index (χ1) is 5.49. The van der Waals surface area contributed by atoms with Crippen LogP contribution in [0, 0.1) is 0 Å². The van der Waals surface area contributed by atoms with Crippen LogP contribution in [0.1, 0.15) is 12.8 Å². The summed E-state index contributed by atoms with van der Waals surface area (Å²) >= 11 is 0. The third kappa shape index (κ3) is 1.48. The van der Waals surface area contributed by atoms with Gasteiger partial charge in [-0.1, -0.05) is 0 Å². The Morgan fingerprint density at radius 1 is 1.33 bits per heavy atom. The van der Waals surface area contributed by atoms with Crippen molar-refractivity contribution in [3.05, 3.63) is 0 Å². The van der Waals surface area contributed by atoms with Gasteiger partial charge in [-0.15, -0.1) is 0 Å². The maximum Gasteiger partial charge on any atom is 0.264 e. The van der Waals surface area contributed by atoms with E-state index in [1.54, 1.807) is 0 Å². The lowest BCUT2D eigenvalue weighted by molar-refractivity contribution is 0.107. The molecule has 0 aliphatic carbocycles. The fourth-order valence-electron chi connectivity index (χ4n) is 2.12. The minimum absolute atomic E-state index is 0.367. The Morgan fingerprint density at radius 3 is 2.25 bits per heavy atom. The van der Waals surface area contributed by atoms with Crippen LogP contribution in [-0.2, 0) is 14.3 Å². The van der Waals surface area contributed by atoms with Crippen LogP contribution < -0.4 is 0 Å². The van der Waals surface area contributed by atoms with E-state index in [1.807, 2.05) is 0 Å². The van der Waals surface area contributed by atoms with Gasteiger partial charge in [0.1, 0.15) is 5.60 Å². The second-order valence-electron chi connectivity index (χ2n) is 3.75. The molecule has 2 heterocycles. The molecule has 0 saturated carbocycles. The molecular formula is C7H13NO3S. The highest BCUT2D eigenvalue weighted by Gasteiger charge is 2.46. The molecule has 0 N–H and O–H groups in total. The minimum Gasteiger partial charge on any atom is -0.300 e. The van der Waals surface area contributed by atoms with Crippen molar-refractivity contribution < 1.29 is 12.6 Å². The van der Waals surface area contributed by atoms with Crippen molar-refractivity contribution in [3.63, 3.8) is 0 Å². The Bertz CT molecular complexity index is 277. The van der Waals surface area contributed by atoms with Crippen LogP contribution >= 0.6 is 0 Å². The van der Waals surface area contributed by atoms with E-state index in [4.69, 9.17) is 4.18 Å². The second kappa shape index (κ2) is 2.43. The molecule has 2 rings (SSSR count). The van der Waals surface area contributed by atoms with Gasteiger partial charge in [0.15, 0.2) is 0 Å². The zero-order chi connectivity index (χ0) is 8.82. The Labute approximate surface area is 72.6 Å². The number of rotatable bonds is 2. The van der Waals surface area contributed by atoms with Crippen LogP contribution in [0.25, 0.3) is 0 Å². The van der Waals surface area contributed by atoms with E-state index < -0.39 is 10.1 Å². The molecule has 0 unspecified atom stereocenters. The number of hydrogen-bond donors (Lipinski definition) is 0. The Hall–Kier alpha value is -0.130. The number of fused-ring (bicyclic) bond motifs is 2. The molecule has 4 nitrogen and oxygen atoms in total. The van der Waals surface area contributed by atoms with Crippen molar-refractivity contribution in [2.75, 3.05) is 25.9 Å². The predicted octanol–water partition coefficient (Wildman–Crippen LogP) is -0.189. The smallest absolute Gasteiger partial charge is 0.264 e. The van der Waals surface area contributed by atoms with Gasteiger partial charge in [-0.25, -0.2) is 0 Å². The van der Waals surface area contributed by atoms with Crippen LogP contribution in [0.15, 0.2) is 0 Å². The van der Waals surface area contributed by atoms with Gasteiger partial charge in [0.25, 0.3) is 10.1 Å². The zero-order valence-corrected chi connectivity index (χ0v) is 7.93. The molecule has 12 heavy (non-hydrogen) atoms. The van der Waals surface area contributed by atoms with Crippen LogP contribution in [0.3, 0.4) is 0 Å². The van der Waals surface area contributed by atoms with E-state index in [-0.39, 0.29) is 5.60 Å². The van der Waals surface area contributed by atoms with Gasteiger partial charge >= 0.3 is 0 Å². The molecule has 0 aromatic rings. The predicted molar refractivity (Wildman–Crippen MR) is 44.3 cm³/mol. The summed E-state index contributed by atoms with van der Waals surface area (Å²) < 4.78 is 27.0. The van der Waals surface area contributed by atoms with Gasteiger partial charge in [0.2, 0.25) is 0 Å². The molecule has 2 bridgehead atoms. The van der Waals surface area contributed by atoms with Crippen molar-refractivity contribution in [1.82, 2.24) is 4.90 Å². The molecule has 5 heteroatoms. The standard InChI is InChI=1S/C7H13NO3S/c1-12(9,10)11-7-2-4-8(6-7)5-3-7/h2-6H2,1H3. The molecule has 0 aromatic carbocycles. The van der Waals surface area contributed by atoms with E-state index in [0.29, 0.717) is 0 Å². The summed E-state index contributed by atoms with van der Waals surface area (Å²) in [4.78, 5) is 2.24. The summed E-state index contributed by atoms with van der Waals surface area (Å²) in [7, 11) is -3.28. The molecule has 2 aliphatic rings. The largest absolute Gasteiger partial charge is 0.300 e. The summed E-state index contributed by atoms with van der Waals surface area (Å²) in [5.74, 6) is 0. The van der Waals surface area contributed by atoms with E-state index in [1.165, 1.54) is 0 Å². The van der Waals surface area contributed by atoms with Gasteiger partial charge in [-0.3, -0.25) is 4.18 Å². The van der Waals surface area contributed by atoms with Crippen LogP contribution in [0.5, 0.6) is 0 Å². The molecular weight excluding hydrogens is 178 g/mol. The summed E-state index contributed by atoms with van der Waals surface area (Å²) in [6.45, 7) is 2.76. The average molecular weight is 191 g/mol. The Balaban J connectivity index is 2.13. The molecule has 0 aromatic heterocycles. The molecule has 2 fully saturated rings. The first kappa shape index (κ1) is 8.47. The number of hydrogen-bond acceptors (Lipinski definition) is 4. The fraction of sp³-hybridized carbons (Fsp3) is 1.00. The third-order valence-corrected chi connectivity index (χ3v) is 3.26. The van der Waals surface area contributed by atoms with Crippen LogP contribution in [-0.4, -0.2) is 44.8 Å². The quantitative estimate of drug-likeness (QED) is 0.568. The maximum atomic E-state index is 10.9. The zero-order valence-electron chi connectivity index (χ0n) is 7.12. The van der Waals surface area contributed by atoms with E-state index >= 15 is 0 Å². The monoisotopic (exact) mass is 191 g/mol. The molecule has 0 spiro atoms. The topological polar surface area (TPSA) is 46.6 Å². The first-order valence-electron chi connectivity index (χ1n) is 4.12. The van der Waals surface area contributed by atoms with Gasteiger partial charge < -0.3 is 4.90 Å². The van der Waals surface area contributed by atoms with Crippen molar-refractivity contribution in [3.8, 4) is 0 Å². The summed E-state index contributed by atoms with van der Waals surface area (Å²) in [6, 6.07) is 0. The number of piperidine rings is 1. The van der Waals surface area contributed by atoms with Crippen molar-refractivity contribution >= 4 is 10.1 Å². The first-order valence-corrected chi connectivity index (χ1v) is 5.94. The van der Waals surface area contributed by atoms with Gasteiger partial charge in [0.05, 0.1) is 6.26 Å². The molecule has 70 valence electrons. The average Bonchev–Trinajstić information content (AvgIpc) is 2.40. The van der Waals surface area contributed by atoms with Gasteiger partial charge in [0, 0.05) is 19.6 Å². The summed E-state index contributed by atoms with van der Waals surface area (Å²) in [6.07, 6.45) is 2.85. The van der Waals surface area contributed by atoms with E-state index in [2.05, 4.69) is 4.90 Å². The highest BCUT2D eigenvalue weighted by molar-refractivity contribution is 7.86. The van der Waals surface area contributed by atoms with Gasteiger partial charge in [-0.2, -0.15) is 8.42 Å². The maximum absolute atomic E-state index is 10.9.